The summed E-state index contributed by atoms with van der Waals surface area (Å²) in [7, 11) is 2.35. The second kappa shape index (κ2) is 4.77. The lowest BCUT2D eigenvalue weighted by atomic mass is 9.90. The average molecular weight is 252 g/mol. The van der Waals surface area contributed by atoms with Crippen molar-refractivity contribution in [1.82, 2.24) is 10.2 Å². The van der Waals surface area contributed by atoms with E-state index in [1.165, 1.54) is 38.5 Å². The summed E-state index contributed by atoms with van der Waals surface area (Å²) in [5.74, 6) is 0. The molecule has 0 aromatic heterocycles. The molecule has 3 nitrogen and oxygen atoms in total. The van der Waals surface area contributed by atoms with E-state index < -0.39 is 0 Å². The predicted octanol–water partition coefficient (Wildman–Crippen LogP) is 2.16. The van der Waals surface area contributed by atoms with E-state index in [4.69, 9.17) is 4.74 Å². The van der Waals surface area contributed by atoms with Crippen LogP contribution in [0.2, 0.25) is 0 Å². The minimum absolute atomic E-state index is 0.0725. The summed E-state index contributed by atoms with van der Waals surface area (Å²) in [5.41, 5.74) is 0.0725. The molecule has 0 saturated carbocycles. The first-order valence-corrected chi connectivity index (χ1v) is 7.65. The number of hydrogen-bond donors (Lipinski definition) is 1. The van der Waals surface area contributed by atoms with Gasteiger partial charge in [0.15, 0.2) is 0 Å². The quantitative estimate of drug-likeness (QED) is 0.815. The normalized spacial score (nSPS) is 43.3. The van der Waals surface area contributed by atoms with Gasteiger partial charge in [0.05, 0.1) is 5.60 Å². The highest BCUT2D eigenvalue weighted by Crippen LogP contribution is 2.33. The Kier molecular flexibility index (Phi) is 3.41. The summed E-state index contributed by atoms with van der Waals surface area (Å²) in [6, 6.07) is 3.10. The van der Waals surface area contributed by atoms with Crippen LogP contribution in [0.1, 0.15) is 52.4 Å². The van der Waals surface area contributed by atoms with Gasteiger partial charge in [-0.05, 0) is 59.4 Å². The van der Waals surface area contributed by atoms with Crippen LogP contribution in [0.25, 0.3) is 0 Å². The van der Waals surface area contributed by atoms with E-state index in [1.54, 1.807) is 0 Å². The average Bonchev–Trinajstić information content (AvgIpc) is 2.66. The molecule has 3 fully saturated rings. The molecule has 3 aliphatic heterocycles. The van der Waals surface area contributed by atoms with Crippen molar-refractivity contribution < 1.29 is 4.74 Å². The molecule has 0 aromatic rings. The van der Waals surface area contributed by atoms with Gasteiger partial charge < -0.3 is 15.0 Å². The lowest BCUT2D eigenvalue weighted by Gasteiger charge is -2.45. The van der Waals surface area contributed by atoms with Gasteiger partial charge >= 0.3 is 0 Å². The number of nitrogens with one attached hydrogen (secondary N) is 1. The third kappa shape index (κ3) is 2.59. The molecule has 3 rings (SSSR count). The second-order valence-electron chi connectivity index (χ2n) is 7.18. The second-order valence-corrected chi connectivity index (χ2v) is 7.18. The molecular formula is C15H28N2O. The van der Waals surface area contributed by atoms with Crippen LogP contribution in [0.3, 0.4) is 0 Å². The number of nitrogens with zero attached hydrogens (tertiary/aromatic N) is 1. The van der Waals surface area contributed by atoms with Crippen molar-refractivity contribution >= 4 is 0 Å². The summed E-state index contributed by atoms with van der Waals surface area (Å²) < 4.78 is 5.85. The standard InChI is InChI=1S/C15H28N2O/c1-15(2)10-13(6-7-18-15)17(3)14-8-11-4-5-12(9-14)16-11/h11-14,16H,4-10H2,1-3H3. The Balaban J connectivity index is 1.62. The van der Waals surface area contributed by atoms with E-state index in [0.29, 0.717) is 0 Å². The molecule has 3 aliphatic rings. The molecule has 0 amide bonds. The van der Waals surface area contributed by atoms with Gasteiger partial charge in [-0.1, -0.05) is 0 Å². The van der Waals surface area contributed by atoms with Crippen molar-refractivity contribution in [3.8, 4) is 0 Å². The molecule has 1 N–H and O–H groups in total. The molecule has 3 heteroatoms. The highest BCUT2D eigenvalue weighted by Gasteiger charge is 2.39. The predicted molar refractivity (Wildman–Crippen MR) is 73.8 cm³/mol. The van der Waals surface area contributed by atoms with Crippen LogP contribution in [0.4, 0.5) is 0 Å². The van der Waals surface area contributed by atoms with Crippen LogP contribution in [0.5, 0.6) is 0 Å². The Morgan fingerprint density at radius 1 is 1.06 bits per heavy atom. The van der Waals surface area contributed by atoms with Crippen molar-refractivity contribution in [3.63, 3.8) is 0 Å². The van der Waals surface area contributed by atoms with Crippen LogP contribution in [-0.4, -0.2) is 48.3 Å². The van der Waals surface area contributed by atoms with Crippen LogP contribution in [-0.2, 0) is 4.74 Å². The van der Waals surface area contributed by atoms with E-state index in [0.717, 1.165) is 30.8 Å². The molecule has 18 heavy (non-hydrogen) atoms. The highest BCUT2D eigenvalue weighted by atomic mass is 16.5. The van der Waals surface area contributed by atoms with Crippen molar-refractivity contribution in [2.24, 2.45) is 0 Å². The maximum atomic E-state index is 5.85. The molecule has 0 aliphatic carbocycles. The van der Waals surface area contributed by atoms with Gasteiger partial charge in [0.2, 0.25) is 0 Å². The van der Waals surface area contributed by atoms with Crippen LogP contribution < -0.4 is 5.32 Å². The van der Waals surface area contributed by atoms with E-state index in [-0.39, 0.29) is 5.60 Å². The summed E-state index contributed by atoms with van der Waals surface area (Å²) in [6.45, 7) is 5.40. The van der Waals surface area contributed by atoms with Gasteiger partial charge in [-0.2, -0.15) is 0 Å². The fourth-order valence-electron chi connectivity index (χ4n) is 4.21. The van der Waals surface area contributed by atoms with Gasteiger partial charge in [0.1, 0.15) is 0 Å². The van der Waals surface area contributed by atoms with Crippen LogP contribution in [0.15, 0.2) is 0 Å². The number of piperidine rings is 1. The number of ether oxygens (including phenoxy) is 1. The minimum atomic E-state index is 0.0725. The van der Waals surface area contributed by atoms with E-state index in [9.17, 15) is 0 Å². The SMILES string of the molecule is CN(C1CC2CCC(C1)N2)C1CCOC(C)(C)C1. The lowest BCUT2D eigenvalue weighted by Crippen LogP contribution is -2.53. The summed E-state index contributed by atoms with van der Waals surface area (Å²) in [6.07, 6.45) is 7.89. The summed E-state index contributed by atoms with van der Waals surface area (Å²) in [4.78, 5) is 2.68. The molecule has 0 radical (unpaired) electrons. The number of hydrogen-bond acceptors (Lipinski definition) is 3. The molecule has 0 spiro atoms. The molecule has 3 unspecified atom stereocenters. The highest BCUT2D eigenvalue weighted by molar-refractivity contribution is 4.97. The van der Waals surface area contributed by atoms with Crippen LogP contribution in [0, 0.1) is 0 Å². The first kappa shape index (κ1) is 12.9. The third-order valence-corrected chi connectivity index (χ3v) is 5.27. The van der Waals surface area contributed by atoms with Gasteiger partial charge in [-0.3, -0.25) is 0 Å². The van der Waals surface area contributed by atoms with Crippen molar-refractivity contribution in [2.75, 3.05) is 13.7 Å². The topological polar surface area (TPSA) is 24.5 Å². The van der Waals surface area contributed by atoms with Crippen molar-refractivity contribution in [1.29, 1.82) is 0 Å². The summed E-state index contributed by atoms with van der Waals surface area (Å²) >= 11 is 0. The van der Waals surface area contributed by atoms with E-state index in [2.05, 4.69) is 31.1 Å². The molecular weight excluding hydrogens is 224 g/mol. The molecule has 0 aromatic carbocycles. The number of fused-ring (bicyclic) bond motifs is 2. The van der Waals surface area contributed by atoms with Gasteiger partial charge in [0.25, 0.3) is 0 Å². The Morgan fingerprint density at radius 2 is 1.72 bits per heavy atom. The van der Waals surface area contributed by atoms with Crippen LogP contribution >= 0.6 is 0 Å². The Morgan fingerprint density at radius 3 is 2.33 bits per heavy atom. The molecule has 3 atom stereocenters. The molecule has 3 heterocycles. The Hall–Kier alpha value is -0.120. The zero-order valence-corrected chi connectivity index (χ0v) is 12.1. The Labute approximate surface area is 111 Å². The first-order chi connectivity index (χ1) is 8.53. The third-order valence-electron chi connectivity index (χ3n) is 5.27. The fraction of sp³-hybridized carbons (Fsp3) is 1.00. The minimum Gasteiger partial charge on any atom is -0.375 e. The maximum absolute atomic E-state index is 5.85. The summed E-state index contributed by atoms with van der Waals surface area (Å²) in [5, 5.41) is 3.74. The lowest BCUT2D eigenvalue weighted by molar-refractivity contribution is -0.0871. The molecule has 2 bridgehead atoms. The molecule has 104 valence electrons. The van der Waals surface area contributed by atoms with E-state index in [1.807, 2.05) is 0 Å². The number of rotatable bonds is 2. The zero-order valence-electron chi connectivity index (χ0n) is 12.1. The fourth-order valence-corrected chi connectivity index (χ4v) is 4.21. The van der Waals surface area contributed by atoms with Crippen molar-refractivity contribution in [2.45, 2.75) is 82.1 Å². The first-order valence-electron chi connectivity index (χ1n) is 7.65. The Bertz CT molecular complexity index is 291. The smallest absolute Gasteiger partial charge is 0.0641 e. The monoisotopic (exact) mass is 252 g/mol. The van der Waals surface area contributed by atoms with Gasteiger partial charge in [-0.15, -0.1) is 0 Å². The molecule has 3 saturated heterocycles. The largest absolute Gasteiger partial charge is 0.375 e. The zero-order chi connectivity index (χ0) is 12.8. The maximum Gasteiger partial charge on any atom is 0.0641 e. The van der Waals surface area contributed by atoms with Gasteiger partial charge in [-0.25, -0.2) is 0 Å². The van der Waals surface area contributed by atoms with Crippen molar-refractivity contribution in [3.05, 3.63) is 0 Å². The van der Waals surface area contributed by atoms with Gasteiger partial charge in [0, 0.05) is 30.8 Å². The van der Waals surface area contributed by atoms with E-state index >= 15 is 0 Å².